The fourth-order valence-electron chi connectivity index (χ4n) is 1.18. The van der Waals surface area contributed by atoms with Gasteiger partial charge < -0.3 is 9.84 Å². The topological polar surface area (TPSA) is 58.8 Å². The molecule has 0 aliphatic heterocycles. The molecule has 2 rings (SSSR count). The van der Waals surface area contributed by atoms with Crippen LogP contribution in [0, 0.1) is 0 Å². The van der Waals surface area contributed by atoms with Crippen LogP contribution in [0.25, 0.3) is 0 Å². The second kappa shape index (κ2) is 6.42. The number of ether oxygens (including phenoxy) is 1. The van der Waals surface area contributed by atoms with Crippen molar-refractivity contribution in [3.63, 3.8) is 0 Å². The molecule has 0 amide bonds. The van der Waals surface area contributed by atoms with Gasteiger partial charge in [-0.3, -0.25) is 0 Å². The minimum absolute atomic E-state index is 0.240. The molecule has 0 unspecified atom stereocenters. The van der Waals surface area contributed by atoms with Crippen molar-refractivity contribution in [2.45, 2.75) is 6.61 Å². The van der Waals surface area contributed by atoms with Gasteiger partial charge in [0.05, 0.1) is 0 Å². The first-order valence-electron chi connectivity index (χ1n) is 5.25. The van der Waals surface area contributed by atoms with Crippen molar-refractivity contribution in [2.75, 3.05) is 0 Å². The van der Waals surface area contributed by atoms with Crippen LogP contribution < -0.4 is 5.11 Å². The SMILES string of the molecule is [O-]C(=C=[N+]=Nc1ccccc1)OCc1cccs1. The zero-order valence-corrected chi connectivity index (χ0v) is 10.3. The van der Waals surface area contributed by atoms with Crippen molar-refractivity contribution in [1.82, 2.24) is 0 Å². The Morgan fingerprint density at radius 3 is 2.83 bits per heavy atom. The average Bonchev–Trinajstić information content (AvgIpc) is 2.91. The molecule has 0 aliphatic carbocycles. The summed E-state index contributed by atoms with van der Waals surface area (Å²) in [5, 5.41) is 17.0. The van der Waals surface area contributed by atoms with Gasteiger partial charge in [0.2, 0.25) is 0 Å². The Bertz CT molecular complexity index is 581. The molecular weight excluding hydrogens is 248 g/mol. The van der Waals surface area contributed by atoms with E-state index >= 15 is 0 Å². The third-order valence-corrected chi connectivity index (χ3v) is 2.84. The summed E-state index contributed by atoms with van der Waals surface area (Å²) in [6.45, 7) is 0.240. The van der Waals surface area contributed by atoms with Gasteiger partial charge in [0.25, 0.3) is 0 Å². The smallest absolute Gasteiger partial charge is 0.376 e. The lowest BCUT2D eigenvalue weighted by atomic mass is 10.3. The third-order valence-electron chi connectivity index (χ3n) is 1.99. The fraction of sp³-hybridized carbons (Fsp3) is 0.0769. The lowest BCUT2D eigenvalue weighted by Crippen LogP contribution is -2.08. The van der Waals surface area contributed by atoms with Crippen LogP contribution in [0.2, 0.25) is 0 Å². The van der Waals surface area contributed by atoms with E-state index in [2.05, 4.69) is 15.8 Å². The molecule has 1 aromatic carbocycles. The Morgan fingerprint density at radius 1 is 1.28 bits per heavy atom. The molecule has 0 spiro atoms. The lowest BCUT2D eigenvalue weighted by Gasteiger charge is -2.07. The van der Waals surface area contributed by atoms with E-state index < -0.39 is 5.95 Å². The predicted molar refractivity (Wildman–Crippen MR) is 66.4 cm³/mol. The molecule has 0 saturated carbocycles. The average molecular weight is 258 g/mol. The van der Waals surface area contributed by atoms with Crippen molar-refractivity contribution >= 4 is 22.9 Å². The van der Waals surface area contributed by atoms with E-state index in [9.17, 15) is 5.11 Å². The largest absolute Gasteiger partial charge is 0.597 e. The number of nitrogens with zero attached hydrogens (tertiary/aromatic N) is 2. The van der Waals surface area contributed by atoms with Gasteiger partial charge in [-0.25, -0.2) is 0 Å². The normalized spacial score (nSPS) is 9.11. The zero-order valence-electron chi connectivity index (χ0n) is 9.45. The van der Waals surface area contributed by atoms with Gasteiger partial charge in [-0.1, -0.05) is 24.3 Å². The van der Waals surface area contributed by atoms with Crippen LogP contribution in [0.4, 0.5) is 5.69 Å². The molecule has 18 heavy (non-hydrogen) atoms. The minimum atomic E-state index is -0.622. The Kier molecular flexibility index (Phi) is 4.33. The highest BCUT2D eigenvalue weighted by molar-refractivity contribution is 7.09. The van der Waals surface area contributed by atoms with Gasteiger partial charge in [-0.15, -0.1) is 11.3 Å². The number of hydrogen-bond acceptors (Lipinski definition) is 4. The highest BCUT2D eigenvalue weighted by atomic mass is 32.1. The van der Waals surface area contributed by atoms with E-state index in [1.54, 1.807) is 12.1 Å². The maximum Gasteiger partial charge on any atom is 0.376 e. The Labute approximate surface area is 108 Å². The van der Waals surface area contributed by atoms with Crippen molar-refractivity contribution in [2.24, 2.45) is 5.11 Å². The van der Waals surface area contributed by atoms with E-state index in [0.717, 1.165) is 4.88 Å². The molecule has 1 heterocycles. The highest BCUT2D eigenvalue weighted by Gasteiger charge is 1.92. The number of benzene rings is 1. The summed E-state index contributed by atoms with van der Waals surface area (Å²) in [6.07, 6.45) is 0. The summed E-state index contributed by atoms with van der Waals surface area (Å²) in [4.78, 5) is 4.52. The summed E-state index contributed by atoms with van der Waals surface area (Å²) in [5.41, 5.74) is 0.663. The number of thiophene rings is 1. The van der Waals surface area contributed by atoms with Gasteiger partial charge >= 0.3 is 5.87 Å². The third kappa shape index (κ3) is 3.92. The molecule has 1 aromatic heterocycles. The van der Waals surface area contributed by atoms with Crippen molar-refractivity contribution < 1.29 is 14.6 Å². The first-order valence-corrected chi connectivity index (χ1v) is 6.13. The molecule has 0 N–H and O–H groups in total. The summed E-state index contributed by atoms with van der Waals surface area (Å²) in [6, 6.07) is 12.9. The van der Waals surface area contributed by atoms with Crippen molar-refractivity contribution in [3.8, 4) is 0 Å². The summed E-state index contributed by atoms with van der Waals surface area (Å²) in [5.74, 6) is 1.57. The second-order valence-electron chi connectivity index (χ2n) is 3.30. The van der Waals surface area contributed by atoms with E-state index in [1.807, 2.05) is 35.7 Å². The van der Waals surface area contributed by atoms with Crippen molar-refractivity contribution in [3.05, 3.63) is 58.7 Å². The molecule has 0 aliphatic rings. The second-order valence-corrected chi connectivity index (χ2v) is 4.34. The first kappa shape index (κ1) is 12.1. The molecule has 0 radical (unpaired) electrons. The Hall–Kier alpha value is -2.32. The predicted octanol–water partition coefficient (Wildman–Crippen LogP) is 2.13. The zero-order chi connectivity index (χ0) is 12.6. The maximum absolute atomic E-state index is 11.2. The molecule has 0 fully saturated rings. The standard InChI is InChI=1S/C13H10N2O2S/c16-13(17-10-12-7-4-8-18-12)9-14-15-11-5-2-1-3-6-11/h1-8H,10H2. The minimum Gasteiger partial charge on any atom is -0.597 e. The molecule has 5 heteroatoms. The number of rotatable bonds is 4. The molecule has 2 aromatic rings. The van der Waals surface area contributed by atoms with Crippen LogP contribution in [0.1, 0.15) is 4.88 Å². The summed E-state index contributed by atoms with van der Waals surface area (Å²) >= 11 is 1.53. The van der Waals surface area contributed by atoms with E-state index in [-0.39, 0.29) is 6.61 Å². The molecule has 0 saturated heterocycles. The summed E-state index contributed by atoms with van der Waals surface area (Å²) < 4.78 is 4.93. The van der Waals surface area contributed by atoms with Gasteiger partial charge in [0.15, 0.2) is 5.95 Å². The molecular formula is C13H10N2O2S. The quantitative estimate of drug-likeness (QED) is 0.365. The van der Waals surface area contributed by atoms with Gasteiger partial charge in [-0.05, 0) is 23.6 Å². The molecule has 4 nitrogen and oxygen atoms in total. The van der Waals surface area contributed by atoms with Gasteiger partial charge in [0.1, 0.15) is 15.6 Å². The van der Waals surface area contributed by atoms with Gasteiger partial charge in [-0.2, -0.15) is 0 Å². The highest BCUT2D eigenvalue weighted by Crippen LogP contribution is 2.10. The maximum atomic E-state index is 11.2. The first-order chi connectivity index (χ1) is 8.84. The molecule has 0 atom stereocenters. The van der Waals surface area contributed by atoms with Crippen LogP contribution in [-0.2, 0) is 11.3 Å². The van der Waals surface area contributed by atoms with Crippen LogP contribution in [-0.4, -0.2) is 10.7 Å². The Morgan fingerprint density at radius 2 is 2.11 bits per heavy atom. The monoisotopic (exact) mass is 258 g/mol. The number of hydrogen-bond donors (Lipinski definition) is 0. The van der Waals surface area contributed by atoms with Crippen molar-refractivity contribution in [1.29, 1.82) is 0 Å². The summed E-state index contributed by atoms with van der Waals surface area (Å²) in [7, 11) is 0. The lowest BCUT2D eigenvalue weighted by molar-refractivity contribution is -0.357. The van der Waals surface area contributed by atoms with Crippen LogP contribution in [0.5, 0.6) is 0 Å². The van der Waals surface area contributed by atoms with Crippen LogP contribution in [0.3, 0.4) is 0 Å². The van der Waals surface area contributed by atoms with E-state index in [0.29, 0.717) is 5.69 Å². The Balaban J connectivity index is 1.97. The van der Waals surface area contributed by atoms with Crippen LogP contribution in [0.15, 0.2) is 58.9 Å². The van der Waals surface area contributed by atoms with E-state index in [1.165, 1.54) is 11.3 Å². The van der Waals surface area contributed by atoms with E-state index in [4.69, 9.17) is 4.74 Å². The molecule has 0 bridgehead atoms. The van der Waals surface area contributed by atoms with Gasteiger partial charge in [0, 0.05) is 11.5 Å². The van der Waals surface area contributed by atoms with Crippen LogP contribution >= 0.6 is 11.3 Å². The molecule has 90 valence electrons. The fourth-order valence-corrected chi connectivity index (χ4v) is 1.80.